The normalized spacial score (nSPS) is 15.8. The summed E-state index contributed by atoms with van der Waals surface area (Å²) in [7, 11) is 1.60. The van der Waals surface area contributed by atoms with Gasteiger partial charge in [-0.05, 0) is 87.7 Å². The van der Waals surface area contributed by atoms with E-state index in [1.54, 1.807) is 24.1 Å². The SMILES string of the molecule is CCCN1C(=O)/C(=C/c2cc(Br)c(OCc3ccccc3)c(OC)c2)SC1=Nc1ccc(Cl)cc1. The minimum atomic E-state index is -0.0657. The van der Waals surface area contributed by atoms with Crippen LogP contribution in [-0.4, -0.2) is 29.6 Å². The third kappa shape index (κ3) is 6.28. The van der Waals surface area contributed by atoms with E-state index in [1.165, 1.54) is 11.8 Å². The van der Waals surface area contributed by atoms with Gasteiger partial charge in [0.1, 0.15) is 6.61 Å². The summed E-state index contributed by atoms with van der Waals surface area (Å²) in [5.41, 5.74) is 2.63. The molecule has 180 valence electrons. The number of aliphatic imine (C=N–C) groups is 1. The van der Waals surface area contributed by atoms with Crippen molar-refractivity contribution in [2.45, 2.75) is 20.0 Å². The molecule has 0 aromatic heterocycles. The molecule has 0 saturated carbocycles. The molecule has 0 bridgehead atoms. The van der Waals surface area contributed by atoms with E-state index in [0.29, 0.717) is 39.7 Å². The summed E-state index contributed by atoms with van der Waals surface area (Å²) >= 11 is 11.0. The maximum atomic E-state index is 13.2. The molecule has 4 rings (SSSR count). The second-order valence-electron chi connectivity index (χ2n) is 7.75. The molecule has 0 unspecified atom stereocenters. The molecule has 1 amide bonds. The van der Waals surface area contributed by atoms with Crippen LogP contribution in [0.15, 0.2) is 81.1 Å². The number of rotatable bonds is 8. The average Bonchev–Trinajstić information content (AvgIpc) is 3.14. The lowest BCUT2D eigenvalue weighted by atomic mass is 10.1. The zero-order valence-corrected chi connectivity index (χ0v) is 22.5. The number of amides is 1. The molecule has 5 nitrogen and oxygen atoms in total. The van der Waals surface area contributed by atoms with Gasteiger partial charge in [0.05, 0.1) is 22.2 Å². The zero-order chi connectivity index (χ0) is 24.8. The van der Waals surface area contributed by atoms with E-state index in [9.17, 15) is 4.79 Å². The van der Waals surface area contributed by atoms with Crippen molar-refractivity contribution in [3.8, 4) is 11.5 Å². The van der Waals surface area contributed by atoms with E-state index >= 15 is 0 Å². The Morgan fingerprint density at radius 2 is 1.86 bits per heavy atom. The summed E-state index contributed by atoms with van der Waals surface area (Å²) in [6, 6.07) is 21.0. The number of thioether (sulfide) groups is 1. The molecular weight excluding hydrogens is 548 g/mol. The van der Waals surface area contributed by atoms with Crippen LogP contribution in [0.3, 0.4) is 0 Å². The second-order valence-corrected chi connectivity index (χ2v) is 10.0. The van der Waals surface area contributed by atoms with Gasteiger partial charge in [0, 0.05) is 11.6 Å². The first-order valence-electron chi connectivity index (χ1n) is 11.1. The Kier molecular flexibility index (Phi) is 8.55. The Bertz CT molecular complexity index is 1260. The number of halogens is 2. The lowest BCUT2D eigenvalue weighted by Crippen LogP contribution is -2.29. The van der Waals surface area contributed by atoms with Crippen molar-refractivity contribution in [2.24, 2.45) is 4.99 Å². The molecule has 8 heteroatoms. The van der Waals surface area contributed by atoms with E-state index in [2.05, 4.69) is 15.9 Å². The van der Waals surface area contributed by atoms with Crippen LogP contribution in [0.25, 0.3) is 6.08 Å². The molecule has 1 aliphatic heterocycles. The smallest absolute Gasteiger partial charge is 0.266 e. The van der Waals surface area contributed by atoms with Crippen molar-refractivity contribution in [1.82, 2.24) is 4.90 Å². The Balaban J connectivity index is 1.60. The van der Waals surface area contributed by atoms with Crippen LogP contribution in [0.5, 0.6) is 11.5 Å². The minimum absolute atomic E-state index is 0.0657. The van der Waals surface area contributed by atoms with Crippen LogP contribution in [-0.2, 0) is 11.4 Å². The highest BCUT2D eigenvalue weighted by molar-refractivity contribution is 9.10. The topological polar surface area (TPSA) is 51.1 Å². The van der Waals surface area contributed by atoms with Gasteiger partial charge in [0.2, 0.25) is 0 Å². The number of hydrogen-bond acceptors (Lipinski definition) is 5. The quantitative estimate of drug-likeness (QED) is 0.260. The number of amidine groups is 1. The molecule has 0 aliphatic carbocycles. The Morgan fingerprint density at radius 3 is 2.54 bits per heavy atom. The minimum Gasteiger partial charge on any atom is -0.493 e. The number of carbonyl (C=O) groups is 1. The predicted molar refractivity (Wildman–Crippen MR) is 148 cm³/mol. The van der Waals surface area contributed by atoms with Crippen molar-refractivity contribution in [3.05, 3.63) is 92.3 Å². The van der Waals surface area contributed by atoms with Gasteiger partial charge >= 0.3 is 0 Å². The van der Waals surface area contributed by atoms with Crippen LogP contribution < -0.4 is 9.47 Å². The van der Waals surface area contributed by atoms with Crippen molar-refractivity contribution < 1.29 is 14.3 Å². The molecule has 0 atom stereocenters. The van der Waals surface area contributed by atoms with Gasteiger partial charge in [-0.2, -0.15) is 0 Å². The van der Waals surface area contributed by atoms with Crippen molar-refractivity contribution >= 4 is 62.1 Å². The lowest BCUT2D eigenvalue weighted by Gasteiger charge is -2.14. The highest BCUT2D eigenvalue weighted by Crippen LogP contribution is 2.40. The summed E-state index contributed by atoms with van der Waals surface area (Å²) in [5.74, 6) is 1.13. The van der Waals surface area contributed by atoms with E-state index in [4.69, 9.17) is 26.1 Å². The van der Waals surface area contributed by atoms with Gasteiger partial charge in [-0.1, -0.05) is 48.9 Å². The number of methoxy groups -OCH3 is 1. The fourth-order valence-electron chi connectivity index (χ4n) is 3.48. The summed E-state index contributed by atoms with van der Waals surface area (Å²) < 4.78 is 12.4. The Morgan fingerprint density at radius 1 is 1.11 bits per heavy atom. The maximum Gasteiger partial charge on any atom is 0.266 e. The number of ether oxygens (including phenoxy) is 2. The molecule has 35 heavy (non-hydrogen) atoms. The first kappa shape index (κ1) is 25.4. The van der Waals surface area contributed by atoms with Crippen molar-refractivity contribution in [1.29, 1.82) is 0 Å². The van der Waals surface area contributed by atoms with Crippen LogP contribution in [0.4, 0.5) is 5.69 Å². The maximum absolute atomic E-state index is 13.2. The number of nitrogens with zero attached hydrogens (tertiary/aromatic N) is 2. The first-order chi connectivity index (χ1) is 17.0. The summed E-state index contributed by atoms with van der Waals surface area (Å²) in [6.45, 7) is 3.05. The van der Waals surface area contributed by atoms with Gasteiger partial charge < -0.3 is 9.47 Å². The summed E-state index contributed by atoms with van der Waals surface area (Å²) in [4.78, 5) is 20.2. The standard InChI is InChI=1S/C27H24BrClN2O3S/c1-3-13-31-26(32)24(35-27(31)30-21-11-9-20(29)10-12-21)16-19-14-22(28)25(23(15-19)33-2)34-17-18-7-5-4-6-8-18/h4-12,14-16H,3,13,17H2,1-2H3/b24-16-,30-27?. The van der Waals surface area contributed by atoms with Gasteiger partial charge in [-0.15, -0.1) is 0 Å². The molecule has 0 N–H and O–H groups in total. The third-order valence-electron chi connectivity index (χ3n) is 5.16. The molecule has 3 aromatic rings. The summed E-state index contributed by atoms with van der Waals surface area (Å²) in [5, 5.41) is 1.30. The van der Waals surface area contributed by atoms with Crippen molar-refractivity contribution in [3.63, 3.8) is 0 Å². The van der Waals surface area contributed by atoms with Crippen molar-refractivity contribution in [2.75, 3.05) is 13.7 Å². The Hall–Kier alpha value is -2.74. The molecular formula is C27H24BrClN2O3S. The largest absolute Gasteiger partial charge is 0.493 e. The predicted octanol–water partition coefficient (Wildman–Crippen LogP) is 7.70. The molecule has 1 aliphatic rings. The molecule has 0 radical (unpaired) electrons. The van der Waals surface area contributed by atoms with Crippen LogP contribution in [0, 0.1) is 0 Å². The number of benzene rings is 3. The molecule has 3 aromatic carbocycles. The lowest BCUT2D eigenvalue weighted by molar-refractivity contribution is -0.122. The van der Waals surface area contributed by atoms with Gasteiger partial charge in [0.25, 0.3) is 5.91 Å². The third-order valence-corrected chi connectivity index (χ3v) is 7.01. The molecule has 1 saturated heterocycles. The Labute approximate surface area is 222 Å². The van der Waals surface area contributed by atoms with Gasteiger partial charge in [-0.25, -0.2) is 4.99 Å². The monoisotopic (exact) mass is 570 g/mol. The first-order valence-corrected chi connectivity index (χ1v) is 13.1. The molecule has 1 fully saturated rings. The van der Waals surface area contributed by atoms with Gasteiger partial charge in [0.15, 0.2) is 16.7 Å². The fraction of sp³-hybridized carbons (Fsp3) is 0.185. The molecule has 1 heterocycles. The highest BCUT2D eigenvalue weighted by atomic mass is 79.9. The van der Waals surface area contributed by atoms with Crippen LogP contribution in [0.1, 0.15) is 24.5 Å². The number of hydrogen-bond donors (Lipinski definition) is 0. The van der Waals surface area contributed by atoms with E-state index in [1.807, 2.05) is 67.6 Å². The summed E-state index contributed by atoms with van der Waals surface area (Å²) in [6.07, 6.45) is 2.68. The van der Waals surface area contributed by atoms with E-state index < -0.39 is 0 Å². The zero-order valence-electron chi connectivity index (χ0n) is 19.3. The second kappa shape index (κ2) is 11.8. The van der Waals surface area contributed by atoms with Gasteiger partial charge in [-0.3, -0.25) is 9.69 Å². The average molecular weight is 572 g/mol. The molecule has 0 spiro atoms. The number of carbonyl (C=O) groups excluding carboxylic acids is 1. The van der Waals surface area contributed by atoms with Crippen LogP contribution >= 0.6 is 39.3 Å². The highest BCUT2D eigenvalue weighted by Gasteiger charge is 2.33. The van der Waals surface area contributed by atoms with Crippen LogP contribution in [0.2, 0.25) is 5.02 Å². The van der Waals surface area contributed by atoms with E-state index in [-0.39, 0.29) is 5.91 Å². The van der Waals surface area contributed by atoms with E-state index in [0.717, 1.165) is 27.7 Å². The fourth-order valence-corrected chi connectivity index (χ4v) is 5.21.